The molecule has 0 fully saturated rings. The molecule has 0 heterocycles. The van der Waals surface area contributed by atoms with Crippen molar-refractivity contribution in [3.8, 4) is 0 Å². The molecule has 1 aromatic carbocycles. The Balaban J connectivity index is 2.60. The monoisotopic (exact) mass is 270 g/mol. The van der Waals surface area contributed by atoms with Gasteiger partial charge in [-0.2, -0.15) is 0 Å². The maximum absolute atomic E-state index is 12.2. The van der Waals surface area contributed by atoms with E-state index in [1.165, 1.54) is 0 Å². The highest BCUT2D eigenvalue weighted by atomic mass is 31.2. The fourth-order valence-corrected chi connectivity index (χ4v) is 3.16. The molecule has 0 saturated carbocycles. The maximum Gasteiger partial charge on any atom is 0.359 e. The van der Waals surface area contributed by atoms with Crippen LogP contribution in [-0.2, 0) is 9.09 Å². The van der Waals surface area contributed by atoms with Crippen LogP contribution in [0.3, 0.4) is 0 Å². The van der Waals surface area contributed by atoms with Crippen LogP contribution >= 0.6 is 7.60 Å². The molecule has 0 aliphatic heterocycles. The Morgan fingerprint density at radius 3 is 2.44 bits per heavy atom. The normalized spacial score (nSPS) is 16.2. The van der Waals surface area contributed by atoms with Gasteiger partial charge in [-0.15, -0.1) is 0 Å². The molecule has 0 bridgehead atoms. The fourth-order valence-electron chi connectivity index (χ4n) is 1.83. The van der Waals surface area contributed by atoms with Gasteiger partial charge in [0.2, 0.25) is 0 Å². The third kappa shape index (κ3) is 4.93. The first-order valence-corrected chi connectivity index (χ1v) is 8.24. The van der Waals surface area contributed by atoms with Crippen molar-refractivity contribution in [1.29, 1.82) is 0 Å². The molecule has 4 heteroatoms. The summed E-state index contributed by atoms with van der Waals surface area (Å²) in [5, 5.41) is 0.374. The standard InChI is InChI=1S/C14H23O3P/c1-3-5-7-10-13(4-2)17-18(15,16)14-11-8-6-9-12-14/h6,8-9,11-13H,3-5,7,10H2,1-2H3,(H,15,16). The van der Waals surface area contributed by atoms with Gasteiger partial charge in [-0.3, -0.25) is 4.57 Å². The maximum atomic E-state index is 12.2. The molecule has 0 aliphatic rings. The molecule has 3 nitrogen and oxygen atoms in total. The number of hydrogen-bond donors (Lipinski definition) is 1. The molecular formula is C14H23O3P. The first-order valence-electron chi connectivity index (χ1n) is 6.67. The Hall–Kier alpha value is -0.630. The Bertz CT molecular complexity index is 378. The van der Waals surface area contributed by atoms with Crippen LogP contribution in [0.25, 0.3) is 0 Å². The zero-order valence-electron chi connectivity index (χ0n) is 11.2. The van der Waals surface area contributed by atoms with E-state index in [1.807, 2.05) is 13.0 Å². The van der Waals surface area contributed by atoms with Gasteiger partial charge < -0.3 is 9.42 Å². The zero-order valence-corrected chi connectivity index (χ0v) is 12.1. The van der Waals surface area contributed by atoms with Crippen LogP contribution in [0.2, 0.25) is 0 Å². The summed E-state index contributed by atoms with van der Waals surface area (Å²) in [4.78, 5) is 9.98. The summed E-state index contributed by atoms with van der Waals surface area (Å²) in [6, 6.07) is 8.60. The Morgan fingerprint density at radius 1 is 1.22 bits per heavy atom. The van der Waals surface area contributed by atoms with Crippen molar-refractivity contribution in [1.82, 2.24) is 0 Å². The summed E-state index contributed by atoms with van der Waals surface area (Å²) < 4.78 is 17.6. The molecule has 0 saturated heterocycles. The molecule has 0 radical (unpaired) electrons. The summed E-state index contributed by atoms with van der Waals surface area (Å²) >= 11 is 0. The molecule has 0 spiro atoms. The van der Waals surface area contributed by atoms with Gasteiger partial charge in [0.1, 0.15) is 0 Å². The molecule has 2 atom stereocenters. The number of hydrogen-bond acceptors (Lipinski definition) is 2. The summed E-state index contributed by atoms with van der Waals surface area (Å²) in [5.74, 6) is 0. The lowest BCUT2D eigenvalue weighted by Gasteiger charge is -2.20. The predicted molar refractivity (Wildman–Crippen MR) is 75.2 cm³/mol. The van der Waals surface area contributed by atoms with Gasteiger partial charge in [-0.25, -0.2) is 0 Å². The first kappa shape index (κ1) is 15.4. The predicted octanol–water partition coefficient (Wildman–Crippen LogP) is 3.87. The Labute approximate surface area is 110 Å². The summed E-state index contributed by atoms with van der Waals surface area (Å²) in [6.07, 6.45) is 4.81. The smallest absolute Gasteiger partial charge is 0.321 e. The van der Waals surface area contributed by atoms with Gasteiger partial charge in [0.05, 0.1) is 11.4 Å². The van der Waals surface area contributed by atoms with Crippen molar-refractivity contribution in [3.05, 3.63) is 30.3 Å². The van der Waals surface area contributed by atoms with Crippen molar-refractivity contribution in [2.75, 3.05) is 0 Å². The van der Waals surface area contributed by atoms with E-state index in [-0.39, 0.29) is 6.10 Å². The molecule has 0 amide bonds. The molecule has 1 rings (SSSR count). The molecule has 2 unspecified atom stereocenters. The molecule has 0 aromatic heterocycles. The van der Waals surface area contributed by atoms with Gasteiger partial charge in [-0.1, -0.05) is 51.3 Å². The topological polar surface area (TPSA) is 46.5 Å². The van der Waals surface area contributed by atoms with Crippen LogP contribution in [0.15, 0.2) is 30.3 Å². The largest absolute Gasteiger partial charge is 0.359 e. The molecule has 1 aromatic rings. The second-order valence-corrected chi connectivity index (χ2v) is 6.26. The highest BCUT2D eigenvalue weighted by Crippen LogP contribution is 2.43. The minimum absolute atomic E-state index is 0.132. The highest BCUT2D eigenvalue weighted by molar-refractivity contribution is 7.61. The van der Waals surface area contributed by atoms with E-state index < -0.39 is 7.60 Å². The molecule has 0 aliphatic carbocycles. The van der Waals surface area contributed by atoms with Gasteiger partial charge in [0.25, 0.3) is 0 Å². The quantitative estimate of drug-likeness (QED) is 0.576. The van der Waals surface area contributed by atoms with E-state index >= 15 is 0 Å². The van der Waals surface area contributed by atoms with Crippen LogP contribution in [0.5, 0.6) is 0 Å². The fraction of sp³-hybridized carbons (Fsp3) is 0.571. The lowest BCUT2D eigenvalue weighted by Crippen LogP contribution is -2.15. The van der Waals surface area contributed by atoms with Gasteiger partial charge in [0.15, 0.2) is 0 Å². The van der Waals surface area contributed by atoms with E-state index in [0.29, 0.717) is 5.30 Å². The van der Waals surface area contributed by atoms with E-state index in [0.717, 1.165) is 32.1 Å². The van der Waals surface area contributed by atoms with Gasteiger partial charge in [0, 0.05) is 0 Å². The molecular weight excluding hydrogens is 247 g/mol. The van der Waals surface area contributed by atoms with E-state index in [2.05, 4.69) is 6.92 Å². The number of rotatable bonds is 8. The van der Waals surface area contributed by atoms with Crippen molar-refractivity contribution < 1.29 is 14.0 Å². The average molecular weight is 270 g/mol. The minimum atomic E-state index is -3.67. The minimum Gasteiger partial charge on any atom is -0.321 e. The van der Waals surface area contributed by atoms with Crippen molar-refractivity contribution in [3.63, 3.8) is 0 Å². The van der Waals surface area contributed by atoms with Gasteiger partial charge >= 0.3 is 7.60 Å². The van der Waals surface area contributed by atoms with E-state index in [1.54, 1.807) is 24.3 Å². The zero-order chi connectivity index (χ0) is 13.4. The van der Waals surface area contributed by atoms with E-state index in [4.69, 9.17) is 4.52 Å². The van der Waals surface area contributed by atoms with Crippen molar-refractivity contribution >= 4 is 12.9 Å². The van der Waals surface area contributed by atoms with Crippen LogP contribution in [0.1, 0.15) is 46.0 Å². The van der Waals surface area contributed by atoms with Crippen molar-refractivity contribution in [2.24, 2.45) is 0 Å². The summed E-state index contributed by atoms with van der Waals surface area (Å²) in [6.45, 7) is 4.13. The Morgan fingerprint density at radius 2 is 1.89 bits per heavy atom. The molecule has 18 heavy (non-hydrogen) atoms. The summed E-state index contributed by atoms with van der Waals surface area (Å²) in [5.41, 5.74) is 0. The highest BCUT2D eigenvalue weighted by Gasteiger charge is 2.26. The number of unbranched alkanes of at least 4 members (excludes halogenated alkanes) is 2. The van der Waals surface area contributed by atoms with Crippen molar-refractivity contribution in [2.45, 2.75) is 52.1 Å². The Kier molecular flexibility index (Phi) is 6.62. The average Bonchev–Trinajstić information content (AvgIpc) is 2.38. The SMILES string of the molecule is CCCCCC(CC)OP(=O)(O)c1ccccc1. The third-order valence-electron chi connectivity index (χ3n) is 2.96. The van der Waals surface area contributed by atoms with Crippen LogP contribution < -0.4 is 5.30 Å². The second kappa shape index (κ2) is 7.73. The van der Waals surface area contributed by atoms with Crippen LogP contribution in [0, 0.1) is 0 Å². The van der Waals surface area contributed by atoms with Crippen LogP contribution in [-0.4, -0.2) is 11.0 Å². The van der Waals surface area contributed by atoms with Gasteiger partial charge in [-0.05, 0) is 25.0 Å². The molecule has 102 valence electrons. The first-order chi connectivity index (χ1) is 8.60. The van der Waals surface area contributed by atoms with E-state index in [9.17, 15) is 9.46 Å². The second-order valence-electron chi connectivity index (χ2n) is 4.49. The number of benzene rings is 1. The van der Waals surface area contributed by atoms with Crippen LogP contribution in [0.4, 0.5) is 0 Å². The summed E-state index contributed by atoms with van der Waals surface area (Å²) in [7, 11) is -3.67. The lowest BCUT2D eigenvalue weighted by atomic mass is 10.1. The third-order valence-corrected chi connectivity index (χ3v) is 4.49. The molecule has 1 N–H and O–H groups in total. The lowest BCUT2D eigenvalue weighted by molar-refractivity contribution is 0.163.